The predicted octanol–water partition coefficient (Wildman–Crippen LogP) is 3.35. The number of amides is 2. The lowest BCUT2D eigenvalue weighted by molar-refractivity contribution is -0.131. The summed E-state index contributed by atoms with van der Waals surface area (Å²) in [4.78, 5) is 28.8. The highest BCUT2D eigenvalue weighted by Gasteiger charge is 2.49. The number of carbonyl (C=O) groups is 2. The molecule has 0 aromatic heterocycles. The normalized spacial score (nSPS) is 23.8. The Morgan fingerprint density at radius 3 is 2.50 bits per heavy atom. The van der Waals surface area contributed by atoms with Crippen LogP contribution in [0.1, 0.15) is 29.7 Å². The molecule has 2 saturated heterocycles. The lowest BCUT2D eigenvalue weighted by Crippen LogP contribution is -2.37. The molecule has 0 radical (unpaired) electrons. The molecule has 0 bridgehead atoms. The van der Waals surface area contributed by atoms with Crippen molar-refractivity contribution in [2.75, 3.05) is 19.6 Å². The fraction of sp³-hybridized carbons (Fsp3) is 0.391. The molecule has 2 aromatic rings. The number of rotatable bonds is 3. The zero-order chi connectivity index (χ0) is 19.8. The number of hydrogen-bond donors (Lipinski definition) is 0. The third kappa shape index (κ3) is 3.53. The minimum absolute atomic E-state index is 0.00110. The highest BCUT2D eigenvalue weighted by Crippen LogP contribution is 2.45. The maximum atomic E-state index is 13.8. The van der Waals surface area contributed by atoms with E-state index in [1.165, 1.54) is 17.7 Å². The van der Waals surface area contributed by atoms with Crippen LogP contribution in [0, 0.1) is 24.6 Å². The molecule has 4 rings (SSSR count). The molecule has 0 saturated carbocycles. The van der Waals surface area contributed by atoms with E-state index in [0.717, 1.165) is 11.1 Å². The lowest BCUT2D eigenvalue weighted by atomic mass is 9.89. The summed E-state index contributed by atoms with van der Waals surface area (Å²) in [6, 6.07) is 14.4. The van der Waals surface area contributed by atoms with Crippen molar-refractivity contribution in [2.45, 2.75) is 26.3 Å². The standard InChI is InChI=1S/C23H25FN2O2/c1-15-6-8-17(9-7-15)10-22(28)25-12-19-13-26(16(2)27)23(21(19)14-25)18-4-3-5-20(24)11-18/h3-9,11,19,21,23H,10,12-14H2,1-2H3/t19-,21-,23-/m1/s1. The number of nitrogens with zero attached hydrogens (tertiary/aromatic N) is 2. The van der Waals surface area contributed by atoms with Gasteiger partial charge < -0.3 is 9.80 Å². The number of carbonyl (C=O) groups excluding carboxylic acids is 2. The van der Waals surface area contributed by atoms with Crippen LogP contribution in [0.2, 0.25) is 0 Å². The van der Waals surface area contributed by atoms with Crippen molar-refractivity contribution in [3.63, 3.8) is 0 Å². The Kier molecular flexibility index (Phi) is 4.92. The van der Waals surface area contributed by atoms with E-state index in [2.05, 4.69) is 0 Å². The molecule has 2 aliphatic rings. The second-order valence-corrected chi connectivity index (χ2v) is 8.06. The first-order chi connectivity index (χ1) is 13.4. The van der Waals surface area contributed by atoms with Crippen molar-refractivity contribution in [2.24, 2.45) is 11.8 Å². The average molecular weight is 380 g/mol. The number of fused-ring (bicyclic) bond motifs is 1. The Labute approximate surface area is 164 Å². The molecule has 2 aromatic carbocycles. The molecule has 5 heteroatoms. The summed E-state index contributed by atoms with van der Waals surface area (Å²) in [6.07, 6.45) is 0.390. The van der Waals surface area contributed by atoms with E-state index in [1.807, 2.05) is 47.1 Å². The summed E-state index contributed by atoms with van der Waals surface area (Å²) < 4.78 is 13.8. The van der Waals surface area contributed by atoms with Gasteiger partial charge in [-0.05, 0) is 30.2 Å². The Bertz CT molecular complexity index is 896. The molecule has 4 nitrogen and oxygen atoms in total. The van der Waals surface area contributed by atoms with Crippen LogP contribution in [0.3, 0.4) is 0 Å². The van der Waals surface area contributed by atoms with Gasteiger partial charge in [-0.25, -0.2) is 4.39 Å². The Morgan fingerprint density at radius 1 is 1.07 bits per heavy atom. The van der Waals surface area contributed by atoms with Gasteiger partial charge in [-0.2, -0.15) is 0 Å². The van der Waals surface area contributed by atoms with Gasteiger partial charge in [0.2, 0.25) is 11.8 Å². The van der Waals surface area contributed by atoms with E-state index in [4.69, 9.17) is 0 Å². The van der Waals surface area contributed by atoms with Crippen molar-refractivity contribution in [1.82, 2.24) is 9.80 Å². The van der Waals surface area contributed by atoms with Crippen LogP contribution in [0.5, 0.6) is 0 Å². The zero-order valence-corrected chi connectivity index (χ0v) is 16.3. The molecule has 0 aliphatic carbocycles. The van der Waals surface area contributed by atoms with Gasteiger partial charge in [-0.3, -0.25) is 9.59 Å². The lowest BCUT2D eigenvalue weighted by Gasteiger charge is -2.29. The van der Waals surface area contributed by atoms with Crippen molar-refractivity contribution >= 4 is 11.8 Å². The van der Waals surface area contributed by atoms with Gasteiger partial charge in [0.1, 0.15) is 5.82 Å². The molecule has 0 N–H and O–H groups in total. The van der Waals surface area contributed by atoms with Crippen LogP contribution in [0.15, 0.2) is 48.5 Å². The minimum atomic E-state index is -0.297. The van der Waals surface area contributed by atoms with Crippen LogP contribution in [0.4, 0.5) is 4.39 Å². The third-order valence-corrected chi connectivity index (χ3v) is 6.09. The van der Waals surface area contributed by atoms with Crippen molar-refractivity contribution in [3.05, 3.63) is 71.0 Å². The first kappa shape index (κ1) is 18.7. The Balaban J connectivity index is 1.52. The molecule has 28 heavy (non-hydrogen) atoms. The number of benzene rings is 2. The first-order valence-electron chi connectivity index (χ1n) is 9.78. The fourth-order valence-electron chi connectivity index (χ4n) is 4.68. The summed E-state index contributed by atoms with van der Waals surface area (Å²) in [6.45, 7) is 5.48. The second kappa shape index (κ2) is 7.38. The van der Waals surface area contributed by atoms with Crippen molar-refractivity contribution < 1.29 is 14.0 Å². The van der Waals surface area contributed by atoms with E-state index < -0.39 is 0 Å². The van der Waals surface area contributed by atoms with E-state index in [1.54, 1.807) is 13.0 Å². The average Bonchev–Trinajstić information content (AvgIpc) is 3.21. The fourth-order valence-corrected chi connectivity index (χ4v) is 4.68. The van der Waals surface area contributed by atoms with Crippen molar-refractivity contribution in [1.29, 1.82) is 0 Å². The van der Waals surface area contributed by atoms with Gasteiger partial charge in [-0.15, -0.1) is 0 Å². The molecule has 146 valence electrons. The van der Waals surface area contributed by atoms with Gasteiger partial charge in [0.15, 0.2) is 0 Å². The van der Waals surface area contributed by atoms with Crippen LogP contribution in [0.25, 0.3) is 0 Å². The Morgan fingerprint density at radius 2 is 1.82 bits per heavy atom. The molecular weight excluding hydrogens is 355 g/mol. The summed E-state index contributed by atoms with van der Waals surface area (Å²) >= 11 is 0. The maximum absolute atomic E-state index is 13.8. The molecular formula is C23H25FN2O2. The van der Waals surface area contributed by atoms with E-state index >= 15 is 0 Å². The van der Waals surface area contributed by atoms with Crippen LogP contribution >= 0.6 is 0 Å². The zero-order valence-electron chi connectivity index (χ0n) is 16.3. The highest BCUT2D eigenvalue weighted by molar-refractivity contribution is 5.79. The van der Waals surface area contributed by atoms with Gasteiger partial charge in [0.05, 0.1) is 12.5 Å². The molecule has 0 spiro atoms. The molecule has 2 amide bonds. The number of aryl methyl sites for hydroxylation is 1. The van der Waals surface area contributed by atoms with Gasteiger partial charge in [0, 0.05) is 38.4 Å². The molecule has 2 aliphatic heterocycles. The van der Waals surface area contributed by atoms with E-state index in [-0.39, 0.29) is 35.5 Å². The molecule has 3 atom stereocenters. The molecule has 2 heterocycles. The smallest absolute Gasteiger partial charge is 0.227 e. The first-order valence-corrected chi connectivity index (χ1v) is 9.78. The van der Waals surface area contributed by atoms with Crippen LogP contribution in [-0.4, -0.2) is 41.2 Å². The third-order valence-electron chi connectivity index (χ3n) is 6.09. The largest absolute Gasteiger partial charge is 0.342 e. The molecule has 0 unspecified atom stereocenters. The predicted molar refractivity (Wildman–Crippen MR) is 105 cm³/mol. The monoisotopic (exact) mass is 380 g/mol. The number of hydrogen-bond acceptors (Lipinski definition) is 2. The number of halogens is 1. The van der Waals surface area contributed by atoms with Crippen molar-refractivity contribution in [3.8, 4) is 0 Å². The van der Waals surface area contributed by atoms with Gasteiger partial charge >= 0.3 is 0 Å². The summed E-state index contributed by atoms with van der Waals surface area (Å²) in [5, 5.41) is 0. The Hall–Kier alpha value is -2.69. The maximum Gasteiger partial charge on any atom is 0.227 e. The summed E-state index contributed by atoms with van der Waals surface area (Å²) in [7, 11) is 0. The van der Waals surface area contributed by atoms with Gasteiger partial charge in [0.25, 0.3) is 0 Å². The van der Waals surface area contributed by atoms with E-state index in [9.17, 15) is 14.0 Å². The van der Waals surface area contributed by atoms with Gasteiger partial charge in [-0.1, -0.05) is 42.0 Å². The van der Waals surface area contributed by atoms with E-state index in [0.29, 0.717) is 26.1 Å². The summed E-state index contributed by atoms with van der Waals surface area (Å²) in [5.41, 5.74) is 3.00. The topological polar surface area (TPSA) is 40.6 Å². The minimum Gasteiger partial charge on any atom is -0.342 e. The summed E-state index contributed by atoms with van der Waals surface area (Å²) in [5.74, 6) is 0.202. The highest BCUT2D eigenvalue weighted by atomic mass is 19.1. The quantitative estimate of drug-likeness (QED) is 0.819. The SMILES string of the molecule is CC(=O)N1C[C@H]2CN(C(=O)Cc3ccc(C)cc3)C[C@H]2[C@H]1c1cccc(F)c1. The van der Waals surface area contributed by atoms with Crippen LogP contribution < -0.4 is 0 Å². The second-order valence-electron chi connectivity index (χ2n) is 8.06. The number of likely N-dealkylation sites (tertiary alicyclic amines) is 2. The van der Waals surface area contributed by atoms with Crippen LogP contribution in [-0.2, 0) is 16.0 Å². The molecule has 2 fully saturated rings.